The molecule has 0 fully saturated rings. The van der Waals surface area contributed by atoms with Gasteiger partial charge in [-0.05, 0) is 23.6 Å². The molecule has 0 spiro atoms. The number of carbonyl (C=O) groups excluding carboxylic acids is 1. The molecule has 7 heteroatoms. The van der Waals surface area contributed by atoms with Crippen LogP contribution in [0.25, 0.3) is 5.57 Å². The van der Waals surface area contributed by atoms with Gasteiger partial charge in [0.2, 0.25) is 10.0 Å². The van der Waals surface area contributed by atoms with Crippen molar-refractivity contribution in [3.63, 3.8) is 0 Å². The molecule has 21 heavy (non-hydrogen) atoms. The summed E-state index contributed by atoms with van der Waals surface area (Å²) < 4.78 is 30.3. The lowest BCUT2D eigenvalue weighted by atomic mass is 10.1. The number of hydrogen-bond donors (Lipinski definition) is 0. The van der Waals surface area contributed by atoms with E-state index in [1.54, 1.807) is 12.4 Å². The Morgan fingerprint density at radius 1 is 1.48 bits per heavy atom. The lowest BCUT2D eigenvalue weighted by molar-refractivity contribution is -0.140. The third kappa shape index (κ3) is 4.12. The van der Waals surface area contributed by atoms with Crippen LogP contribution in [-0.2, 0) is 19.6 Å². The monoisotopic (exact) mass is 310 g/mol. The van der Waals surface area contributed by atoms with Crippen LogP contribution in [0.5, 0.6) is 0 Å². The van der Waals surface area contributed by atoms with Crippen LogP contribution >= 0.6 is 0 Å². The molecule has 6 nitrogen and oxygen atoms in total. The average molecular weight is 310 g/mol. The van der Waals surface area contributed by atoms with E-state index in [4.69, 9.17) is 0 Å². The van der Waals surface area contributed by atoms with E-state index < -0.39 is 10.0 Å². The van der Waals surface area contributed by atoms with Crippen molar-refractivity contribution in [2.75, 3.05) is 26.0 Å². The molecule has 0 saturated carbocycles. The number of carbonyl (C=O) groups is 1. The molecule has 0 aromatic carbocycles. The number of hydrogen-bond acceptors (Lipinski definition) is 5. The largest absolute Gasteiger partial charge is 0.469 e. The fourth-order valence-corrected chi connectivity index (χ4v) is 3.54. The highest BCUT2D eigenvalue weighted by Gasteiger charge is 2.26. The lowest BCUT2D eigenvalue weighted by Gasteiger charge is -2.16. The molecular formula is C14H18N2O4S. The summed E-state index contributed by atoms with van der Waals surface area (Å²) in [6, 6.07) is 3.73. The van der Waals surface area contributed by atoms with E-state index in [2.05, 4.69) is 9.72 Å². The fourth-order valence-electron chi connectivity index (χ4n) is 2.13. The second kappa shape index (κ2) is 6.82. The minimum Gasteiger partial charge on any atom is -0.469 e. The molecule has 0 saturated heterocycles. The van der Waals surface area contributed by atoms with Crippen LogP contribution in [0.1, 0.15) is 18.4 Å². The van der Waals surface area contributed by atoms with Crippen LogP contribution in [0.4, 0.5) is 0 Å². The summed E-state index contributed by atoms with van der Waals surface area (Å²) in [5.41, 5.74) is 1.89. The molecular weight excluding hydrogens is 292 g/mol. The zero-order valence-electron chi connectivity index (χ0n) is 11.9. The first-order valence-electron chi connectivity index (χ1n) is 6.67. The maximum Gasteiger partial charge on any atom is 0.305 e. The molecule has 0 bridgehead atoms. The van der Waals surface area contributed by atoms with Gasteiger partial charge in [0.15, 0.2) is 0 Å². The van der Waals surface area contributed by atoms with Crippen molar-refractivity contribution in [2.45, 2.75) is 12.8 Å². The highest BCUT2D eigenvalue weighted by molar-refractivity contribution is 7.89. The Bertz CT molecular complexity index is 626. The number of methoxy groups -OCH3 is 1. The van der Waals surface area contributed by atoms with Crippen molar-refractivity contribution in [1.29, 1.82) is 0 Å². The summed E-state index contributed by atoms with van der Waals surface area (Å²) in [5.74, 6) is -0.434. The van der Waals surface area contributed by atoms with Gasteiger partial charge in [-0.2, -0.15) is 4.31 Å². The first kappa shape index (κ1) is 15.7. The molecule has 1 aliphatic rings. The van der Waals surface area contributed by atoms with Gasteiger partial charge >= 0.3 is 5.97 Å². The Labute approximate surface area is 124 Å². The van der Waals surface area contributed by atoms with Crippen LogP contribution in [0.3, 0.4) is 0 Å². The van der Waals surface area contributed by atoms with Gasteiger partial charge in [0.25, 0.3) is 0 Å². The highest BCUT2D eigenvalue weighted by atomic mass is 32.2. The first-order chi connectivity index (χ1) is 10.0. The Morgan fingerprint density at radius 2 is 2.29 bits per heavy atom. The van der Waals surface area contributed by atoms with Gasteiger partial charge in [0.1, 0.15) is 0 Å². The lowest BCUT2D eigenvalue weighted by Crippen LogP contribution is -2.31. The minimum absolute atomic E-state index is 0.0454. The molecule has 2 heterocycles. The molecule has 0 unspecified atom stereocenters. The van der Waals surface area contributed by atoms with Crippen LogP contribution in [0.2, 0.25) is 0 Å². The Kier molecular flexibility index (Phi) is 5.08. The van der Waals surface area contributed by atoms with Crippen LogP contribution in [0, 0.1) is 0 Å². The van der Waals surface area contributed by atoms with Crippen LogP contribution in [0.15, 0.2) is 30.6 Å². The summed E-state index contributed by atoms with van der Waals surface area (Å²) in [4.78, 5) is 15.0. The predicted octanol–water partition coefficient (Wildman–Crippen LogP) is 1.06. The zero-order chi connectivity index (χ0) is 15.3. The molecule has 0 radical (unpaired) electrons. The molecule has 0 N–H and O–H groups in total. The number of esters is 1. The fraction of sp³-hybridized carbons (Fsp3) is 0.429. The van der Waals surface area contributed by atoms with E-state index in [1.807, 2.05) is 18.2 Å². The molecule has 0 atom stereocenters. The van der Waals surface area contributed by atoms with E-state index in [9.17, 15) is 13.2 Å². The van der Waals surface area contributed by atoms with Gasteiger partial charge in [0, 0.05) is 31.9 Å². The summed E-state index contributed by atoms with van der Waals surface area (Å²) in [6.45, 7) is 0.719. The van der Waals surface area contributed by atoms with Gasteiger partial charge in [0.05, 0.1) is 12.9 Å². The maximum atomic E-state index is 12.2. The van der Waals surface area contributed by atoms with E-state index >= 15 is 0 Å². The number of sulfonamides is 1. The second-order valence-corrected chi connectivity index (χ2v) is 6.85. The maximum absolute atomic E-state index is 12.2. The van der Waals surface area contributed by atoms with Gasteiger partial charge < -0.3 is 4.74 Å². The van der Waals surface area contributed by atoms with Crippen LogP contribution < -0.4 is 0 Å². The topological polar surface area (TPSA) is 76.6 Å². The molecule has 0 aliphatic carbocycles. The molecule has 0 amide bonds. The number of pyridine rings is 1. The number of rotatable bonds is 6. The summed E-state index contributed by atoms with van der Waals surface area (Å²) in [6.07, 6.45) is 5.69. The highest BCUT2D eigenvalue weighted by Crippen LogP contribution is 2.22. The van der Waals surface area contributed by atoms with Gasteiger partial charge in [-0.15, -0.1) is 0 Å². The average Bonchev–Trinajstić information content (AvgIpc) is 2.98. The Hall–Kier alpha value is -1.73. The third-order valence-electron chi connectivity index (χ3n) is 3.32. The van der Waals surface area contributed by atoms with E-state index in [1.165, 1.54) is 11.4 Å². The van der Waals surface area contributed by atoms with Crippen molar-refractivity contribution in [2.24, 2.45) is 0 Å². The van der Waals surface area contributed by atoms with E-state index in [0.717, 1.165) is 11.1 Å². The normalized spacial score (nSPS) is 15.8. The molecule has 1 aliphatic heterocycles. The van der Waals surface area contributed by atoms with Gasteiger partial charge in [-0.25, -0.2) is 8.42 Å². The van der Waals surface area contributed by atoms with Crippen molar-refractivity contribution in [1.82, 2.24) is 9.29 Å². The van der Waals surface area contributed by atoms with Crippen molar-refractivity contribution >= 4 is 21.6 Å². The number of aromatic nitrogens is 1. The smallest absolute Gasteiger partial charge is 0.305 e. The Morgan fingerprint density at radius 3 is 2.95 bits per heavy atom. The molecule has 1 aromatic rings. The second-order valence-electron chi connectivity index (χ2n) is 4.76. The minimum atomic E-state index is -3.35. The Balaban J connectivity index is 1.91. The number of ether oxygens (including phenoxy) is 1. The molecule has 1 aromatic heterocycles. The zero-order valence-corrected chi connectivity index (χ0v) is 12.7. The van der Waals surface area contributed by atoms with Gasteiger partial charge in [-0.1, -0.05) is 12.1 Å². The summed E-state index contributed by atoms with van der Waals surface area (Å²) in [7, 11) is -2.06. The molecule has 2 rings (SSSR count). The van der Waals surface area contributed by atoms with Crippen molar-refractivity contribution in [3.05, 3.63) is 36.2 Å². The first-order valence-corrected chi connectivity index (χ1v) is 8.28. The summed E-state index contributed by atoms with van der Waals surface area (Å²) >= 11 is 0. The summed E-state index contributed by atoms with van der Waals surface area (Å²) in [5, 5.41) is 0. The van der Waals surface area contributed by atoms with Crippen molar-refractivity contribution in [3.8, 4) is 0 Å². The van der Waals surface area contributed by atoms with Gasteiger partial charge in [-0.3, -0.25) is 9.78 Å². The standard InChI is InChI=1S/C14H18N2O4S/c1-20-14(17)5-3-9-21(18,19)16-8-6-13(11-16)12-4-2-7-15-10-12/h2,4,6-7,10H,3,5,8-9,11H2,1H3. The molecule has 114 valence electrons. The SMILES string of the molecule is COC(=O)CCCS(=O)(=O)N1CC=C(c2cccnc2)C1. The third-order valence-corrected chi connectivity index (χ3v) is 5.19. The van der Waals surface area contributed by atoms with Crippen LogP contribution in [-0.4, -0.2) is 49.6 Å². The quantitative estimate of drug-likeness (QED) is 0.734. The van der Waals surface area contributed by atoms with E-state index in [-0.39, 0.29) is 24.6 Å². The van der Waals surface area contributed by atoms with Crippen molar-refractivity contribution < 1.29 is 17.9 Å². The number of nitrogens with zero attached hydrogens (tertiary/aromatic N) is 2. The van der Waals surface area contributed by atoms with E-state index in [0.29, 0.717) is 13.1 Å². The predicted molar refractivity (Wildman–Crippen MR) is 78.8 cm³/mol.